The molecule has 0 atom stereocenters. The van der Waals surface area contributed by atoms with Crippen LogP contribution in [-0.2, 0) is 13.6 Å². The highest BCUT2D eigenvalue weighted by atomic mass is 15.3. The summed E-state index contributed by atoms with van der Waals surface area (Å²) in [4.78, 5) is 4.55. The van der Waals surface area contributed by atoms with E-state index in [1.807, 2.05) is 24.9 Å². The number of nitrogens with one attached hydrogen (secondary N) is 1. The second kappa shape index (κ2) is 5.41. The van der Waals surface area contributed by atoms with Gasteiger partial charge in [0.05, 0.1) is 5.69 Å². The number of hydrogen-bond acceptors (Lipinski definition) is 3. The fraction of sp³-hybridized carbons (Fsp3) is 0.647. The molecular weight excluding hydrogens is 260 g/mol. The van der Waals surface area contributed by atoms with Gasteiger partial charge in [0.1, 0.15) is 0 Å². The van der Waals surface area contributed by atoms with Crippen LogP contribution >= 0.6 is 0 Å². The van der Waals surface area contributed by atoms with Gasteiger partial charge in [0.25, 0.3) is 0 Å². The predicted molar refractivity (Wildman–Crippen MR) is 86.1 cm³/mol. The molecule has 2 aromatic rings. The molecular formula is C17H26N4. The van der Waals surface area contributed by atoms with Crippen molar-refractivity contribution in [1.29, 1.82) is 0 Å². The Kier molecular flexibility index (Phi) is 3.74. The van der Waals surface area contributed by atoms with Crippen LogP contribution in [0.4, 0.5) is 0 Å². The van der Waals surface area contributed by atoms with Crippen LogP contribution in [0.2, 0.25) is 0 Å². The molecule has 3 rings (SSSR count). The minimum absolute atomic E-state index is 0.533. The van der Waals surface area contributed by atoms with Crippen LogP contribution in [0.25, 0.3) is 11.0 Å². The first kappa shape index (κ1) is 14.5. The third-order valence-electron chi connectivity index (χ3n) is 4.85. The van der Waals surface area contributed by atoms with Crippen molar-refractivity contribution < 1.29 is 0 Å². The summed E-state index contributed by atoms with van der Waals surface area (Å²) >= 11 is 0. The molecule has 0 saturated heterocycles. The van der Waals surface area contributed by atoms with E-state index in [-0.39, 0.29) is 0 Å². The van der Waals surface area contributed by atoms with Gasteiger partial charge in [-0.15, -0.1) is 0 Å². The summed E-state index contributed by atoms with van der Waals surface area (Å²) < 4.78 is 1.85. The van der Waals surface area contributed by atoms with Crippen molar-refractivity contribution in [2.45, 2.75) is 59.0 Å². The molecule has 0 aliphatic heterocycles. The van der Waals surface area contributed by atoms with Gasteiger partial charge >= 0.3 is 0 Å². The van der Waals surface area contributed by atoms with E-state index in [1.54, 1.807) is 0 Å². The van der Waals surface area contributed by atoms with E-state index in [1.165, 1.54) is 36.6 Å². The monoisotopic (exact) mass is 286 g/mol. The zero-order chi connectivity index (χ0) is 15.0. The number of fused-ring (bicyclic) bond motifs is 1. The third kappa shape index (κ3) is 3.10. The van der Waals surface area contributed by atoms with Crippen molar-refractivity contribution in [2.24, 2.45) is 12.5 Å². The summed E-state index contributed by atoms with van der Waals surface area (Å²) in [7, 11) is 1.95. The van der Waals surface area contributed by atoms with Crippen LogP contribution in [0.15, 0.2) is 12.3 Å². The van der Waals surface area contributed by atoms with Crippen molar-refractivity contribution in [2.75, 3.05) is 0 Å². The van der Waals surface area contributed by atoms with E-state index in [9.17, 15) is 0 Å². The number of rotatable bonds is 3. The number of pyridine rings is 1. The van der Waals surface area contributed by atoms with Gasteiger partial charge in [0.15, 0.2) is 5.65 Å². The van der Waals surface area contributed by atoms with Crippen molar-refractivity contribution in [3.63, 3.8) is 0 Å². The van der Waals surface area contributed by atoms with Gasteiger partial charge in [0, 0.05) is 31.2 Å². The van der Waals surface area contributed by atoms with Crippen LogP contribution in [0.3, 0.4) is 0 Å². The normalized spacial score (nSPS) is 19.2. The lowest BCUT2D eigenvalue weighted by molar-refractivity contribution is 0.206. The van der Waals surface area contributed by atoms with Crippen LogP contribution < -0.4 is 5.32 Å². The molecule has 0 radical (unpaired) electrons. The molecule has 1 saturated carbocycles. The fourth-order valence-corrected chi connectivity index (χ4v) is 3.31. The van der Waals surface area contributed by atoms with E-state index >= 15 is 0 Å². The minimum atomic E-state index is 0.533. The lowest BCUT2D eigenvalue weighted by atomic mass is 9.75. The number of nitrogens with zero attached hydrogens (tertiary/aromatic N) is 3. The molecule has 21 heavy (non-hydrogen) atoms. The molecule has 2 aromatic heterocycles. The van der Waals surface area contributed by atoms with Gasteiger partial charge in [-0.05, 0) is 49.7 Å². The fourth-order valence-electron chi connectivity index (χ4n) is 3.31. The summed E-state index contributed by atoms with van der Waals surface area (Å²) in [6, 6.07) is 2.88. The zero-order valence-electron chi connectivity index (χ0n) is 13.6. The molecule has 1 aliphatic carbocycles. The van der Waals surface area contributed by atoms with Crippen molar-refractivity contribution >= 4 is 11.0 Å². The second-order valence-corrected chi connectivity index (χ2v) is 7.24. The van der Waals surface area contributed by atoms with Crippen molar-refractivity contribution in [1.82, 2.24) is 20.1 Å². The van der Waals surface area contributed by atoms with E-state index in [4.69, 9.17) is 0 Å². The second-order valence-electron chi connectivity index (χ2n) is 7.24. The lowest BCUT2D eigenvalue weighted by Crippen LogP contribution is -2.35. The van der Waals surface area contributed by atoms with E-state index in [0.717, 1.165) is 17.9 Å². The van der Waals surface area contributed by atoms with E-state index < -0.39 is 0 Å². The largest absolute Gasteiger partial charge is 0.310 e. The molecule has 114 valence electrons. The summed E-state index contributed by atoms with van der Waals surface area (Å²) in [5.74, 6) is 0. The van der Waals surface area contributed by atoms with Gasteiger partial charge in [0.2, 0.25) is 0 Å². The molecule has 0 unspecified atom stereocenters. The third-order valence-corrected chi connectivity index (χ3v) is 4.85. The number of aryl methyl sites for hydroxylation is 2. The Balaban J connectivity index is 1.65. The molecule has 0 bridgehead atoms. The SMILES string of the molecule is Cc1nn(C)c2ncc(CNC3CCC(C)(C)CC3)cc12. The maximum Gasteiger partial charge on any atom is 0.157 e. The molecule has 1 fully saturated rings. The highest BCUT2D eigenvalue weighted by Gasteiger charge is 2.26. The van der Waals surface area contributed by atoms with Gasteiger partial charge in [-0.2, -0.15) is 5.10 Å². The van der Waals surface area contributed by atoms with Gasteiger partial charge in [-0.3, -0.25) is 4.68 Å². The van der Waals surface area contributed by atoms with Crippen LogP contribution in [-0.4, -0.2) is 20.8 Å². The Morgan fingerprint density at radius 1 is 1.33 bits per heavy atom. The predicted octanol–water partition coefficient (Wildman–Crippen LogP) is 3.34. The summed E-state index contributed by atoms with van der Waals surface area (Å²) in [6.07, 6.45) is 7.19. The Morgan fingerprint density at radius 3 is 2.76 bits per heavy atom. The molecule has 1 aliphatic rings. The van der Waals surface area contributed by atoms with Crippen LogP contribution in [0.1, 0.15) is 50.8 Å². The Morgan fingerprint density at radius 2 is 2.05 bits per heavy atom. The highest BCUT2D eigenvalue weighted by molar-refractivity contribution is 5.78. The summed E-state index contributed by atoms with van der Waals surface area (Å²) in [5.41, 5.74) is 3.81. The van der Waals surface area contributed by atoms with Gasteiger partial charge in [-0.1, -0.05) is 13.8 Å². The smallest absolute Gasteiger partial charge is 0.157 e. The first-order valence-electron chi connectivity index (χ1n) is 7.96. The topological polar surface area (TPSA) is 42.7 Å². The average Bonchev–Trinajstić information content (AvgIpc) is 2.73. The molecule has 4 heteroatoms. The van der Waals surface area contributed by atoms with Crippen molar-refractivity contribution in [3.8, 4) is 0 Å². The Hall–Kier alpha value is -1.42. The first-order valence-corrected chi connectivity index (χ1v) is 7.96. The molecule has 1 N–H and O–H groups in total. The van der Waals surface area contributed by atoms with Gasteiger partial charge in [-0.25, -0.2) is 4.98 Å². The molecule has 0 spiro atoms. The van der Waals surface area contributed by atoms with Crippen LogP contribution in [0.5, 0.6) is 0 Å². The Bertz CT molecular complexity index is 632. The van der Waals surface area contributed by atoms with E-state index in [0.29, 0.717) is 11.5 Å². The standard InChI is InChI=1S/C17H26N4/c1-12-15-9-13(11-19-16(15)21(4)20-12)10-18-14-5-7-17(2,3)8-6-14/h9,11,14,18H,5-8,10H2,1-4H3. The number of hydrogen-bond donors (Lipinski definition) is 1. The first-order chi connectivity index (χ1) is 9.94. The molecule has 0 aromatic carbocycles. The Labute approximate surface area is 126 Å². The highest BCUT2D eigenvalue weighted by Crippen LogP contribution is 2.35. The van der Waals surface area contributed by atoms with Crippen molar-refractivity contribution in [3.05, 3.63) is 23.5 Å². The molecule has 2 heterocycles. The minimum Gasteiger partial charge on any atom is -0.310 e. The lowest BCUT2D eigenvalue weighted by Gasteiger charge is -2.34. The number of aromatic nitrogens is 3. The molecule has 4 nitrogen and oxygen atoms in total. The molecule has 0 amide bonds. The van der Waals surface area contributed by atoms with Crippen LogP contribution in [0, 0.1) is 12.3 Å². The maximum absolute atomic E-state index is 4.55. The van der Waals surface area contributed by atoms with E-state index in [2.05, 4.69) is 35.3 Å². The average molecular weight is 286 g/mol. The quantitative estimate of drug-likeness (QED) is 0.941. The zero-order valence-corrected chi connectivity index (χ0v) is 13.6. The summed E-state index contributed by atoms with van der Waals surface area (Å²) in [6.45, 7) is 7.71. The van der Waals surface area contributed by atoms with Gasteiger partial charge < -0.3 is 5.32 Å². The summed E-state index contributed by atoms with van der Waals surface area (Å²) in [5, 5.41) is 9.30. The maximum atomic E-state index is 4.55.